The first-order valence-corrected chi connectivity index (χ1v) is 5.58. The fraction of sp³-hybridized carbons (Fsp3) is 0.182. The number of thiazole rings is 1. The third-order valence-corrected chi connectivity index (χ3v) is 2.86. The molecule has 2 rings (SSSR count). The summed E-state index contributed by atoms with van der Waals surface area (Å²) in [7, 11) is 0. The fourth-order valence-electron chi connectivity index (χ4n) is 1.32. The highest BCUT2D eigenvalue weighted by atomic mass is 32.1. The Hall–Kier alpha value is -1.62. The predicted octanol–water partition coefficient (Wildman–Crippen LogP) is 2.41. The van der Waals surface area contributed by atoms with E-state index in [-0.39, 0.29) is 17.8 Å². The number of hydrogen-bond acceptors (Lipinski definition) is 4. The maximum atomic E-state index is 12.8. The number of halogens is 1. The van der Waals surface area contributed by atoms with Crippen molar-refractivity contribution in [1.82, 2.24) is 9.97 Å². The third-order valence-electron chi connectivity index (χ3n) is 2.04. The van der Waals surface area contributed by atoms with Crippen LogP contribution in [0, 0.1) is 12.7 Å². The van der Waals surface area contributed by atoms with Gasteiger partial charge in [-0.3, -0.25) is 9.78 Å². The molecule has 16 heavy (non-hydrogen) atoms. The first kappa shape index (κ1) is 10.9. The summed E-state index contributed by atoms with van der Waals surface area (Å²) in [5, 5.41) is 2.75. The van der Waals surface area contributed by atoms with Crippen LogP contribution in [0.5, 0.6) is 0 Å². The van der Waals surface area contributed by atoms with Crippen molar-refractivity contribution in [3.8, 4) is 0 Å². The van der Waals surface area contributed by atoms with Gasteiger partial charge in [0.15, 0.2) is 5.78 Å². The van der Waals surface area contributed by atoms with Crippen LogP contribution in [0.2, 0.25) is 0 Å². The SMILES string of the molecule is Cc1nc(CC(=O)c2cncc(F)c2)cs1. The van der Waals surface area contributed by atoms with Crippen molar-refractivity contribution in [3.05, 3.63) is 45.9 Å². The lowest BCUT2D eigenvalue weighted by Gasteiger charge is -1.98. The zero-order valence-corrected chi connectivity index (χ0v) is 9.42. The number of nitrogens with zero attached hydrogens (tertiary/aromatic N) is 2. The molecule has 2 aromatic rings. The van der Waals surface area contributed by atoms with E-state index in [0.717, 1.165) is 16.9 Å². The van der Waals surface area contributed by atoms with Gasteiger partial charge in [0.2, 0.25) is 0 Å². The number of aryl methyl sites for hydroxylation is 1. The van der Waals surface area contributed by atoms with Crippen molar-refractivity contribution in [1.29, 1.82) is 0 Å². The van der Waals surface area contributed by atoms with Gasteiger partial charge in [-0.05, 0) is 13.0 Å². The van der Waals surface area contributed by atoms with Crippen LogP contribution in [0.4, 0.5) is 4.39 Å². The van der Waals surface area contributed by atoms with Gasteiger partial charge in [-0.15, -0.1) is 11.3 Å². The number of pyridine rings is 1. The van der Waals surface area contributed by atoms with Crippen molar-refractivity contribution in [2.75, 3.05) is 0 Å². The summed E-state index contributed by atoms with van der Waals surface area (Å²) in [5.41, 5.74) is 1.00. The quantitative estimate of drug-likeness (QED) is 0.768. The second-order valence-electron chi connectivity index (χ2n) is 3.35. The molecular weight excluding hydrogens is 227 g/mol. The van der Waals surface area contributed by atoms with E-state index >= 15 is 0 Å². The van der Waals surface area contributed by atoms with Gasteiger partial charge in [-0.2, -0.15) is 0 Å². The van der Waals surface area contributed by atoms with E-state index in [1.165, 1.54) is 23.6 Å². The molecule has 0 amide bonds. The number of Topliss-reactive ketones (excluding diaryl/α,β-unsaturated/α-hetero) is 1. The van der Waals surface area contributed by atoms with Gasteiger partial charge in [0.05, 0.1) is 23.3 Å². The Labute approximate surface area is 96.0 Å². The summed E-state index contributed by atoms with van der Waals surface area (Å²) in [6, 6.07) is 1.19. The van der Waals surface area contributed by atoms with Crippen LogP contribution in [-0.4, -0.2) is 15.8 Å². The molecule has 0 atom stereocenters. The monoisotopic (exact) mass is 236 g/mol. The lowest BCUT2D eigenvalue weighted by molar-refractivity contribution is 0.0991. The largest absolute Gasteiger partial charge is 0.294 e. The third kappa shape index (κ3) is 2.49. The van der Waals surface area contributed by atoms with Crippen molar-refractivity contribution >= 4 is 17.1 Å². The zero-order chi connectivity index (χ0) is 11.5. The molecule has 0 spiro atoms. The molecule has 3 nitrogen and oxygen atoms in total. The molecular formula is C11H9FN2OS. The van der Waals surface area contributed by atoms with Gasteiger partial charge < -0.3 is 0 Å². The van der Waals surface area contributed by atoms with Crippen molar-refractivity contribution in [2.24, 2.45) is 0 Å². The Morgan fingerprint density at radius 2 is 2.31 bits per heavy atom. The number of ketones is 1. The molecule has 0 saturated heterocycles. The Kier molecular flexibility index (Phi) is 3.05. The van der Waals surface area contributed by atoms with Gasteiger partial charge in [0, 0.05) is 17.1 Å². The van der Waals surface area contributed by atoms with Crippen LogP contribution in [0.3, 0.4) is 0 Å². The van der Waals surface area contributed by atoms with E-state index in [0.29, 0.717) is 0 Å². The molecule has 0 radical (unpaired) electrons. The Morgan fingerprint density at radius 1 is 1.50 bits per heavy atom. The molecule has 2 aromatic heterocycles. The molecule has 0 aromatic carbocycles. The standard InChI is InChI=1S/C11H9FN2OS/c1-7-14-10(6-16-7)3-11(15)8-2-9(12)5-13-4-8/h2,4-6H,3H2,1H3. The summed E-state index contributed by atoms with van der Waals surface area (Å²) in [5.74, 6) is -0.669. The fourth-order valence-corrected chi connectivity index (χ4v) is 1.93. The van der Waals surface area contributed by atoms with Crippen molar-refractivity contribution < 1.29 is 9.18 Å². The normalized spacial score (nSPS) is 10.4. The topological polar surface area (TPSA) is 42.9 Å². The van der Waals surface area contributed by atoms with Crippen molar-refractivity contribution in [3.63, 3.8) is 0 Å². The van der Waals surface area contributed by atoms with Gasteiger partial charge >= 0.3 is 0 Å². The second-order valence-corrected chi connectivity index (χ2v) is 4.41. The number of aromatic nitrogens is 2. The molecule has 0 aliphatic rings. The molecule has 0 fully saturated rings. The van der Waals surface area contributed by atoms with Crippen LogP contribution < -0.4 is 0 Å². The summed E-state index contributed by atoms with van der Waals surface area (Å²) < 4.78 is 12.8. The van der Waals surface area contributed by atoms with Crippen LogP contribution in [0.1, 0.15) is 21.1 Å². The van der Waals surface area contributed by atoms with E-state index < -0.39 is 5.82 Å². The summed E-state index contributed by atoms with van der Waals surface area (Å²) in [6.07, 6.45) is 2.63. The number of rotatable bonds is 3. The van der Waals surface area contributed by atoms with Gasteiger partial charge in [-0.1, -0.05) is 0 Å². The summed E-state index contributed by atoms with van der Waals surface area (Å²) in [4.78, 5) is 19.6. The van der Waals surface area contributed by atoms with Gasteiger partial charge in [0.1, 0.15) is 5.82 Å². The molecule has 2 heterocycles. The van der Waals surface area contributed by atoms with Gasteiger partial charge in [0.25, 0.3) is 0 Å². The molecule has 82 valence electrons. The summed E-state index contributed by atoms with van der Waals surface area (Å²) in [6.45, 7) is 1.88. The maximum absolute atomic E-state index is 12.8. The Morgan fingerprint density at radius 3 is 2.94 bits per heavy atom. The Balaban J connectivity index is 2.14. The lowest BCUT2D eigenvalue weighted by Crippen LogP contribution is -2.04. The molecule has 0 bridgehead atoms. The summed E-state index contributed by atoms with van der Waals surface area (Å²) >= 11 is 1.49. The molecule has 0 aliphatic carbocycles. The van der Waals surface area contributed by atoms with E-state index in [1.807, 2.05) is 12.3 Å². The molecule has 0 N–H and O–H groups in total. The zero-order valence-electron chi connectivity index (χ0n) is 8.61. The van der Waals surface area contributed by atoms with Crippen LogP contribution >= 0.6 is 11.3 Å². The van der Waals surface area contributed by atoms with Crippen LogP contribution in [0.25, 0.3) is 0 Å². The number of carbonyl (C=O) groups is 1. The molecule has 0 aliphatic heterocycles. The highest BCUT2D eigenvalue weighted by molar-refractivity contribution is 7.09. The highest BCUT2D eigenvalue weighted by Gasteiger charge is 2.10. The van der Waals surface area contributed by atoms with E-state index in [9.17, 15) is 9.18 Å². The minimum atomic E-state index is -0.500. The first-order chi connectivity index (χ1) is 7.65. The van der Waals surface area contributed by atoms with E-state index in [4.69, 9.17) is 0 Å². The molecule has 0 unspecified atom stereocenters. The first-order valence-electron chi connectivity index (χ1n) is 4.70. The predicted molar refractivity (Wildman–Crippen MR) is 59.1 cm³/mol. The molecule has 0 saturated carbocycles. The van der Waals surface area contributed by atoms with E-state index in [1.54, 1.807) is 0 Å². The maximum Gasteiger partial charge on any atom is 0.170 e. The molecule has 5 heteroatoms. The van der Waals surface area contributed by atoms with Gasteiger partial charge in [-0.25, -0.2) is 9.37 Å². The van der Waals surface area contributed by atoms with Crippen LogP contribution in [-0.2, 0) is 6.42 Å². The Bertz CT molecular complexity index is 524. The number of carbonyl (C=O) groups excluding carboxylic acids is 1. The highest BCUT2D eigenvalue weighted by Crippen LogP contribution is 2.11. The number of hydrogen-bond donors (Lipinski definition) is 0. The van der Waals surface area contributed by atoms with E-state index in [2.05, 4.69) is 9.97 Å². The average Bonchev–Trinajstić information content (AvgIpc) is 2.64. The van der Waals surface area contributed by atoms with Crippen molar-refractivity contribution in [2.45, 2.75) is 13.3 Å². The average molecular weight is 236 g/mol. The minimum absolute atomic E-state index is 0.169. The van der Waals surface area contributed by atoms with Crippen LogP contribution in [0.15, 0.2) is 23.8 Å². The minimum Gasteiger partial charge on any atom is -0.294 e. The lowest BCUT2D eigenvalue weighted by atomic mass is 10.1. The smallest absolute Gasteiger partial charge is 0.170 e. The second kappa shape index (κ2) is 4.49.